The van der Waals surface area contributed by atoms with Crippen molar-refractivity contribution in [2.24, 2.45) is 0 Å². The van der Waals surface area contributed by atoms with Crippen molar-refractivity contribution < 1.29 is 22.6 Å². The van der Waals surface area contributed by atoms with E-state index in [1.165, 1.54) is 14.2 Å². The number of ether oxygens (including phenoxy) is 3. The Morgan fingerprint density at radius 3 is 2.37 bits per heavy atom. The van der Waals surface area contributed by atoms with Crippen LogP contribution < -0.4 is 14.2 Å². The number of rotatable bonds is 8. The third kappa shape index (κ3) is 5.06. The van der Waals surface area contributed by atoms with Gasteiger partial charge in [0.25, 0.3) is 0 Å². The van der Waals surface area contributed by atoms with E-state index in [1.807, 2.05) is 0 Å². The lowest BCUT2D eigenvalue weighted by atomic mass is 10.2. The van der Waals surface area contributed by atoms with Crippen LogP contribution in [0.3, 0.4) is 0 Å². The standard InChI is InChI=1S/C12H19NO5S/c1-16-6-7-19(14,15)13-9-10-4-5-11(17-2)12(8-10)18-3/h4-5,8,13H,6-7,9H2,1-3H3. The first-order chi connectivity index (χ1) is 9.02. The van der Waals surface area contributed by atoms with E-state index >= 15 is 0 Å². The molecule has 0 unspecified atom stereocenters. The Morgan fingerprint density at radius 1 is 1.11 bits per heavy atom. The topological polar surface area (TPSA) is 73.9 Å². The molecular formula is C12H19NO5S. The van der Waals surface area contributed by atoms with Gasteiger partial charge in [-0.15, -0.1) is 0 Å². The SMILES string of the molecule is COCCS(=O)(=O)NCc1ccc(OC)c(OC)c1. The van der Waals surface area contributed by atoms with Crippen LogP contribution in [0.25, 0.3) is 0 Å². The molecule has 0 aromatic heterocycles. The molecule has 19 heavy (non-hydrogen) atoms. The molecule has 0 amide bonds. The molecule has 0 radical (unpaired) electrons. The Morgan fingerprint density at radius 2 is 1.79 bits per heavy atom. The summed E-state index contributed by atoms with van der Waals surface area (Å²) in [6.07, 6.45) is 0. The summed E-state index contributed by atoms with van der Waals surface area (Å²) in [4.78, 5) is 0. The van der Waals surface area contributed by atoms with Gasteiger partial charge in [-0.2, -0.15) is 0 Å². The van der Waals surface area contributed by atoms with Crippen molar-refractivity contribution in [1.29, 1.82) is 0 Å². The zero-order chi connectivity index (χ0) is 14.3. The second kappa shape index (κ2) is 7.32. The fourth-order valence-corrected chi connectivity index (χ4v) is 2.37. The van der Waals surface area contributed by atoms with Crippen molar-refractivity contribution >= 4 is 10.0 Å². The summed E-state index contributed by atoms with van der Waals surface area (Å²) in [5, 5.41) is 0. The maximum Gasteiger partial charge on any atom is 0.214 e. The number of hydrogen-bond acceptors (Lipinski definition) is 5. The third-order valence-electron chi connectivity index (χ3n) is 2.50. The molecule has 0 aliphatic carbocycles. The first-order valence-electron chi connectivity index (χ1n) is 5.69. The van der Waals surface area contributed by atoms with Crippen molar-refractivity contribution in [3.05, 3.63) is 23.8 Å². The van der Waals surface area contributed by atoms with Crippen LogP contribution in [0.15, 0.2) is 18.2 Å². The smallest absolute Gasteiger partial charge is 0.214 e. The molecule has 0 fully saturated rings. The van der Waals surface area contributed by atoms with Crippen LogP contribution in [-0.4, -0.2) is 42.1 Å². The second-order valence-corrected chi connectivity index (χ2v) is 5.75. The van der Waals surface area contributed by atoms with E-state index < -0.39 is 10.0 Å². The molecule has 0 spiro atoms. The highest BCUT2D eigenvalue weighted by Crippen LogP contribution is 2.27. The molecule has 7 heteroatoms. The van der Waals surface area contributed by atoms with Gasteiger partial charge in [0.15, 0.2) is 11.5 Å². The fraction of sp³-hybridized carbons (Fsp3) is 0.500. The normalized spacial score (nSPS) is 11.3. The van der Waals surface area contributed by atoms with E-state index in [1.54, 1.807) is 25.3 Å². The summed E-state index contributed by atoms with van der Waals surface area (Å²) in [5.74, 6) is 1.11. The van der Waals surface area contributed by atoms with Crippen LogP contribution >= 0.6 is 0 Å². The van der Waals surface area contributed by atoms with Crippen LogP contribution in [0.2, 0.25) is 0 Å². The van der Waals surface area contributed by atoms with Gasteiger partial charge in [0.05, 0.1) is 26.6 Å². The predicted octanol–water partition coefficient (Wildman–Crippen LogP) is 0.770. The van der Waals surface area contributed by atoms with Crippen LogP contribution in [-0.2, 0) is 21.3 Å². The zero-order valence-corrected chi connectivity index (χ0v) is 12.1. The molecular weight excluding hydrogens is 270 g/mol. The van der Waals surface area contributed by atoms with Gasteiger partial charge in [-0.05, 0) is 17.7 Å². The molecule has 0 aliphatic heterocycles. The average Bonchev–Trinajstić information content (AvgIpc) is 2.42. The molecule has 6 nitrogen and oxygen atoms in total. The molecule has 0 aliphatic rings. The lowest BCUT2D eigenvalue weighted by Crippen LogP contribution is -2.27. The van der Waals surface area contributed by atoms with Crippen molar-refractivity contribution in [2.45, 2.75) is 6.54 Å². The predicted molar refractivity (Wildman–Crippen MR) is 72.0 cm³/mol. The van der Waals surface area contributed by atoms with E-state index in [9.17, 15) is 8.42 Å². The lowest BCUT2D eigenvalue weighted by molar-refractivity contribution is 0.217. The Bertz CT molecular complexity index is 501. The molecule has 0 atom stereocenters. The number of benzene rings is 1. The van der Waals surface area contributed by atoms with Crippen molar-refractivity contribution in [2.75, 3.05) is 33.7 Å². The van der Waals surface area contributed by atoms with E-state index in [4.69, 9.17) is 14.2 Å². The van der Waals surface area contributed by atoms with E-state index in [2.05, 4.69) is 4.72 Å². The maximum absolute atomic E-state index is 11.6. The Labute approximate surface area is 113 Å². The van der Waals surface area contributed by atoms with Gasteiger partial charge in [-0.25, -0.2) is 13.1 Å². The Balaban J connectivity index is 2.68. The Kier molecular flexibility index (Phi) is 6.07. The van der Waals surface area contributed by atoms with Gasteiger partial charge in [-0.1, -0.05) is 6.07 Å². The molecule has 0 saturated heterocycles. The minimum atomic E-state index is -3.32. The highest BCUT2D eigenvalue weighted by molar-refractivity contribution is 7.89. The molecule has 1 N–H and O–H groups in total. The summed E-state index contributed by atoms with van der Waals surface area (Å²) in [6, 6.07) is 5.25. The van der Waals surface area contributed by atoms with Crippen LogP contribution in [0.4, 0.5) is 0 Å². The van der Waals surface area contributed by atoms with Gasteiger partial charge in [-0.3, -0.25) is 0 Å². The maximum atomic E-state index is 11.6. The first kappa shape index (κ1) is 15.7. The van der Waals surface area contributed by atoms with Gasteiger partial charge in [0, 0.05) is 13.7 Å². The molecule has 1 aromatic carbocycles. The van der Waals surface area contributed by atoms with Gasteiger partial charge >= 0.3 is 0 Å². The average molecular weight is 289 g/mol. The monoisotopic (exact) mass is 289 g/mol. The Hall–Kier alpha value is -1.31. The van der Waals surface area contributed by atoms with Crippen LogP contribution in [0.1, 0.15) is 5.56 Å². The number of methoxy groups -OCH3 is 3. The number of sulfonamides is 1. The van der Waals surface area contributed by atoms with E-state index in [0.29, 0.717) is 11.5 Å². The molecule has 1 aromatic rings. The van der Waals surface area contributed by atoms with Crippen molar-refractivity contribution in [3.8, 4) is 11.5 Å². The lowest BCUT2D eigenvalue weighted by Gasteiger charge is -2.10. The molecule has 0 saturated carbocycles. The van der Waals surface area contributed by atoms with Crippen molar-refractivity contribution in [1.82, 2.24) is 4.72 Å². The number of nitrogens with one attached hydrogen (secondary N) is 1. The molecule has 108 valence electrons. The zero-order valence-electron chi connectivity index (χ0n) is 11.3. The number of hydrogen-bond donors (Lipinski definition) is 1. The van der Waals surface area contributed by atoms with Gasteiger partial charge in [0.1, 0.15) is 0 Å². The summed E-state index contributed by atoms with van der Waals surface area (Å²) >= 11 is 0. The van der Waals surface area contributed by atoms with Crippen LogP contribution in [0, 0.1) is 0 Å². The third-order valence-corrected chi connectivity index (χ3v) is 3.79. The molecule has 0 bridgehead atoms. The minimum Gasteiger partial charge on any atom is -0.493 e. The second-order valence-electron chi connectivity index (χ2n) is 3.82. The first-order valence-corrected chi connectivity index (χ1v) is 7.35. The van der Waals surface area contributed by atoms with Gasteiger partial charge in [0.2, 0.25) is 10.0 Å². The van der Waals surface area contributed by atoms with E-state index in [-0.39, 0.29) is 18.9 Å². The van der Waals surface area contributed by atoms with Crippen LogP contribution in [0.5, 0.6) is 11.5 Å². The highest BCUT2D eigenvalue weighted by atomic mass is 32.2. The van der Waals surface area contributed by atoms with Crippen molar-refractivity contribution in [3.63, 3.8) is 0 Å². The van der Waals surface area contributed by atoms with E-state index in [0.717, 1.165) is 5.56 Å². The summed E-state index contributed by atoms with van der Waals surface area (Å²) in [7, 11) is 1.22. The fourth-order valence-electron chi connectivity index (χ4n) is 1.45. The largest absolute Gasteiger partial charge is 0.493 e. The summed E-state index contributed by atoms with van der Waals surface area (Å²) in [5.41, 5.74) is 0.790. The summed E-state index contributed by atoms with van der Waals surface area (Å²) in [6.45, 7) is 0.369. The quantitative estimate of drug-likeness (QED) is 0.765. The van der Waals surface area contributed by atoms with Gasteiger partial charge < -0.3 is 14.2 Å². The molecule has 1 rings (SSSR count). The molecule has 0 heterocycles. The summed E-state index contributed by atoms with van der Waals surface area (Å²) < 4.78 is 40.7. The highest BCUT2D eigenvalue weighted by Gasteiger charge is 2.10. The minimum absolute atomic E-state index is 0.0587.